The summed E-state index contributed by atoms with van der Waals surface area (Å²) in [6.07, 6.45) is -3.26. The maximum atomic E-state index is 12.5. The van der Waals surface area contributed by atoms with E-state index in [9.17, 15) is 13.2 Å². The molecule has 0 saturated heterocycles. The molecule has 2 aromatic rings. The number of nitrogens with two attached hydrogens (primary N) is 1. The number of benzene rings is 1. The lowest BCUT2D eigenvalue weighted by molar-refractivity contribution is -0.137. The molecule has 1 atom stereocenters. The molecule has 1 heterocycles. The van der Waals surface area contributed by atoms with Crippen LogP contribution in [0.25, 0.3) is 0 Å². The zero-order valence-electron chi connectivity index (χ0n) is 9.83. The Balaban J connectivity index is 2.34. The lowest BCUT2D eigenvalue weighted by atomic mass is 10.0. The van der Waals surface area contributed by atoms with Gasteiger partial charge in [0.05, 0.1) is 6.04 Å². The Kier molecular flexibility index (Phi) is 3.85. The molecule has 19 heavy (non-hydrogen) atoms. The molecule has 0 radical (unpaired) electrons. The Morgan fingerprint density at radius 2 is 2.05 bits per heavy atom. The SMILES string of the molecule is Cc1cc(Cl)ccc1C(N)c1cnc(C(F)(F)F)s1. The van der Waals surface area contributed by atoms with Crippen molar-refractivity contribution in [1.29, 1.82) is 0 Å². The molecular formula is C12H10ClF3N2S. The van der Waals surface area contributed by atoms with E-state index in [1.165, 1.54) is 6.20 Å². The van der Waals surface area contributed by atoms with Crippen molar-refractivity contribution in [2.24, 2.45) is 5.73 Å². The van der Waals surface area contributed by atoms with Crippen LogP contribution in [0.4, 0.5) is 13.2 Å². The fourth-order valence-corrected chi connectivity index (χ4v) is 2.73. The average molecular weight is 307 g/mol. The van der Waals surface area contributed by atoms with E-state index < -0.39 is 17.2 Å². The summed E-state index contributed by atoms with van der Waals surface area (Å²) >= 11 is 6.39. The zero-order valence-corrected chi connectivity index (χ0v) is 11.4. The van der Waals surface area contributed by atoms with Crippen molar-refractivity contribution in [3.05, 3.63) is 50.4 Å². The summed E-state index contributed by atoms with van der Waals surface area (Å²) in [5, 5.41) is -0.321. The quantitative estimate of drug-likeness (QED) is 0.904. The Labute approximate surface area is 117 Å². The lowest BCUT2D eigenvalue weighted by Crippen LogP contribution is -2.11. The van der Waals surface area contributed by atoms with Gasteiger partial charge in [0.25, 0.3) is 0 Å². The summed E-state index contributed by atoms with van der Waals surface area (Å²) in [4.78, 5) is 3.74. The van der Waals surface area contributed by atoms with Crippen molar-refractivity contribution in [1.82, 2.24) is 4.98 Å². The normalized spacial score (nSPS) is 13.6. The Morgan fingerprint density at radius 3 is 2.58 bits per heavy atom. The topological polar surface area (TPSA) is 38.9 Å². The third-order valence-electron chi connectivity index (χ3n) is 2.64. The van der Waals surface area contributed by atoms with Gasteiger partial charge in [0.1, 0.15) is 0 Å². The summed E-state index contributed by atoms with van der Waals surface area (Å²) < 4.78 is 37.5. The Bertz CT molecular complexity index is 595. The van der Waals surface area contributed by atoms with Crippen LogP contribution in [-0.2, 0) is 6.18 Å². The zero-order chi connectivity index (χ0) is 14.2. The van der Waals surface area contributed by atoms with Crippen LogP contribution in [0.1, 0.15) is 27.1 Å². The second kappa shape index (κ2) is 5.11. The molecule has 0 saturated carbocycles. The third-order valence-corrected chi connectivity index (χ3v) is 4.00. The minimum Gasteiger partial charge on any atom is -0.320 e. The first kappa shape index (κ1) is 14.3. The van der Waals surface area contributed by atoms with Crippen LogP contribution in [0.15, 0.2) is 24.4 Å². The summed E-state index contributed by atoms with van der Waals surface area (Å²) in [7, 11) is 0. The highest BCUT2D eigenvalue weighted by atomic mass is 35.5. The molecule has 2 nitrogen and oxygen atoms in total. The number of alkyl halides is 3. The Morgan fingerprint density at radius 1 is 1.37 bits per heavy atom. The molecule has 2 rings (SSSR count). The second-order valence-electron chi connectivity index (χ2n) is 4.04. The predicted octanol–water partition coefficient (Wildman–Crippen LogP) is 4.17. The van der Waals surface area contributed by atoms with Gasteiger partial charge in [0.2, 0.25) is 0 Å². The maximum Gasteiger partial charge on any atom is 0.443 e. The van der Waals surface area contributed by atoms with Gasteiger partial charge in [-0.3, -0.25) is 0 Å². The molecule has 0 spiro atoms. The maximum absolute atomic E-state index is 12.5. The fourth-order valence-electron chi connectivity index (χ4n) is 1.70. The molecule has 2 N–H and O–H groups in total. The van der Waals surface area contributed by atoms with Crippen molar-refractivity contribution >= 4 is 22.9 Å². The average Bonchev–Trinajstić information content (AvgIpc) is 2.76. The van der Waals surface area contributed by atoms with E-state index >= 15 is 0 Å². The van der Waals surface area contributed by atoms with Gasteiger partial charge >= 0.3 is 6.18 Å². The van der Waals surface area contributed by atoms with E-state index in [1.54, 1.807) is 18.2 Å². The Hall–Kier alpha value is -1.11. The number of halogens is 4. The number of thiazole rings is 1. The van der Waals surface area contributed by atoms with E-state index in [-0.39, 0.29) is 0 Å². The smallest absolute Gasteiger partial charge is 0.320 e. The molecule has 0 amide bonds. The van der Waals surface area contributed by atoms with Crippen molar-refractivity contribution in [3.8, 4) is 0 Å². The lowest BCUT2D eigenvalue weighted by Gasteiger charge is -2.13. The van der Waals surface area contributed by atoms with E-state index in [2.05, 4.69) is 4.98 Å². The first-order valence-electron chi connectivity index (χ1n) is 5.33. The van der Waals surface area contributed by atoms with E-state index in [0.717, 1.165) is 11.1 Å². The van der Waals surface area contributed by atoms with Crippen LogP contribution in [-0.4, -0.2) is 4.98 Å². The molecule has 0 aliphatic carbocycles. The van der Waals surface area contributed by atoms with Gasteiger partial charge in [0.15, 0.2) is 5.01 Å². The summed E-state index contributed by atoms with van der Waals surface area (Å²) in [6.45, 7) is 1.81. The van der Waals surface area contributed by atoms with Gasteiger partial charge in [-0.05, 0) is 30.2 Å². The van der Waals surface area contributed by atoms with Gasteiger partial charge in [-0.1, -0.05) is 17.7 Å². The first-order chi connectivity index (χ1) is 8.79. The molecule has 0 aliphatic rings. The number of aryl methyl sites for hydroxylation is 1. The molecule has 0 aliphatic heterocycles. The van der Waals surface area contributed by atoms with Crippen LogP contribution in [0.5, 0.6) is 0 Å². The van der Waals surface area contributed by atoms with Gasteiger partial charge in [-0.15, -0.1) is 11.3 Å². The third kappa shape index (κ3) is 3.08. The first-order valence-corrected chi connectivity index (χ1v) is 6.53. The van der Waals surface area contributed by atoms with Crippen LogP contribution in [0, 0.1) is 6.92 Å². The monoisotopic (exact) mass is 306 g/mol. The molecule has 1 aromatic heterocycles. The van der Waals surface area contributed by atoms with Crippen molar-refractivity contribution in [2.45, 2.75) is 19.1 Å². The van der Waals surface area contributed by atoms with E-state index in [4.69, 9.17) is 17.3 Å². The van der Waals surface area contributed by atoms with Crippen molar-refractivity contribution < 1.29 is 13.2 Å². The number of rotatable bonds is 2. The minimum absolute atomic E-state index is 0.373. The fraction of sp³-hybridized carbons (Fsp3) is 0.250. The number of nitrogens with zero attached hydrogens (tertiary/aromatic N) is 1. The molecule has 0 fully saturated rings. The number of hydrogen-bond acceptors (Lipinski definition) is 3. The van der Waals surface area contributed by atoms with Crippen LogP contribution < -0.4 is 5.73 Å². The standard InChI is InChI=1S/C12H10ClF3N2S/c1-6-4-7(13)2-3-8(6)10(17)9-5-18-11(19-9)12(14,15)16/h2-5,10H,17H2,1H3. The number of aromatic nitrogens is 1. The van der Waals surface area contributed by atoms with Crippen LogP contribution in [0.2, 0.25) is 5.02 Å². The summed E-state index contributed by atoms with van der Waals surface area (Å²) in [6, 6.07) is 4.47. The largest absolute Gasteiger partial charge is 0.443 e. The summed E-state index contributed by atoms with van der Waals surface area (Å²) in [5.74, 6) is 0. The predicted molar refractivity (Wildman–Crippen MR) is 69.3 cm³/mol. The second-order valence-corrected chi connectivity index (χ2v) is 5.54. The molecule has 1 aromatic carbocycles. The van der Waals surface area contributed by atoms with Gasteiger partial charge < -0.3 is 5.73 Å². The highest BCUT2D eigenvalue weighted by Gasteiger charge is 2.35. The molecule has 0 bridgehead atoms. The minimum atomic E-state index is -4.43. The van der Waals surface area contributed by atoms with Gasteiger partial charge in [-0.25, -0.2) is 4.98 Å². The molecule has 102 valence electrons. The van der Waals surface area contributed by atoms with Crippen LogP contribution in [0.3, 0.4) is 0 Å². The van der Waals surface area contributed by atoms with E-state index in [0.29, 0.717) is 21.2 Å². The summed E-state index contributed by atoms with van der Waals surface area (Å²) in [5.41, 5.74) is 7.56. The number of hydrogen-bond donors (Lipinski definition) is 1. The highest BCUT2D eigenvalue weighted by molar-refractivity contribution is 7.11. The molecule has 1 unspecified atom stereocenters. The highest BCUT2D eigenvalue weighted by Crippen LogP contribution is 2.35. The van der Waals surface area contributed by atoms with Crippen molar-refractivity contribution in [2.75, 3.05) is 0 Å². The van der Waals surface area contributed by atoms with Gasteiger partial charge in [-0.2, -0.15) is 13.2 Å². The van der Waals surface area contributed by atoms with Crippen molar-refractivity contribution in [3.63, 3.8) is 0 Å². The van der Waals surface area contributed by atoms with Gasteiger partial charge in [0, 0.05) is 16.1 Å². The van der Waals surface area contributed by atoms with Crippen LogP contribution >= 0.6 is 22.9 Å². The van der Waals surface area contributed by atoms with E-state index in [1.807, 2.05) is 6.92 Å². The molecular weight excluding hydrogens is 297 g/mol. The molecule has 7 heteroatoms.